The molecule has 0 saturated carbocycles. The van der Waals surface area contributed by atoms with Crippen molar-refractivity contribution >= 4 is 27.7 Å². The van der Waals surface area contributed by atoms with Crippen molar-refractivity contribution in [2.45, 2.75) is 45.3 Å². The zero-order valence-corrected chi connectivity index (χ0v) is 20.1. The second kappa shape index (κ2) is 8.07. The van der Waals surface area contributed by atoms with Crippen LogP contribution < -0.4 is 0 Å². The smallest absolute Gasteiger partial charge is 0.160 e. The topological polar surface area (TPSA) is 33.4 Å². The molecular weight excluding hydrogens is 424 g/mol. The van der Waals surface area contributed by atoms with Gasteiger partial charge in [-0.3, -0.25) is 9.98 Å². The molecule has 2 aliphatic rings. The molecule has 33 heavy (non-hydrogen) atoms. The van der Waals surface area contributed by atoms with Crippen molar-refractivity contribution in [2.75, 3.05) is 5.75 Å². The fraction of sp³-hybridized carbons (Fsp3) is 0.286. The molecule has 6 rings (SSSR count). The van der Waals surface area contributed by atoms with Gasteiger partial charge in [-0.1, -0.05) is 61.2 Å². The lowest BCUT2D eigenvalue weighted by Gasteiger charge is -2.32. The highest BCUT2D eigenvalue weighted by atomic mass is 32.2. The minimum Gasteiger partial charge on any atom is -0.338 e. The monoisotopic (exact) mass is 452 g/mol. The van der Waals surface area contributed by atoms with Gasteiger partial charge in [0.25, 0.3) is 0 Å². The summed E-state index contributed by atoms with van der Waals surface area (Å²) in [5.74, 6) is 1.11. The number of pyridine rings is 1. The molecule has 0 spiro atoms. The van der Waals surface area contributed by atoms with Gasteiger partial charge in [0.2, 0.25) is 0 Å². The quantitative estimate of drug-likeness (QED) is 0.349. The largest absolute Gasteiger partial charge is 0.338 e. The zero-order valence-electron chi connectivity index (χ0n) is 19.3. The first kappa shape index (κ1) is 20.5. The van der Waals surface area contributed by atoms with Gasteiger partial charge < -0.3 is 9.47 Å². The molecule has 4 heterocycles. The van der Waals surface area contributed by atoms with Crippen LogP contribution in [0.3, 0.4) is 0 Å². The fourth-order valence-electron chi connectivity index (χ4n) is 5.55. The molecule has 4 nitrogen and oxygen atoms in total. The van der Waals surface area contributed by atoms with E-state index in [4.69, 9.17) is 9.98 Å². The van der Waals surface area contributed by atoms with Crippen molar-refractivity contribution < 1.29 is 0 Å². The van der Waals surface area contributed by atoms with Crippen LogP contribution in [0.15, 0.2) is 77.9 Å². The number of hydrogen-bond donors (Lipinski definition) is 0. The lowest BCUT2D eigenvalue weighted by Crippen LogP contribution is -2.35. The van der Waals surface area contributed by atoms with E-state index >= 15 is 0 Å². The van der Waals surface area contributed by atoms with Crippen LogP contribution in [0.2, 0.25) is 0 Å². The van der Waals surface area contributed by atoms with Gasteiger partial charge in [0.05, 0.1) is 17.4 Å². The third-order valence-electron chi connectivity index (χ3n) is 7.13. The molecule has 2 aliphatic heterocycles. The molecule has 1 saturated heterocycles. The summed E-state index contributed by atoms with van der Waals surface area (Å²) < 4.78 is 2.43. The second-order valence-corrected chi connectivity index (χ2v) is 9.98. The molecule has 0 bridgehead atoms. The van der Waals surface area contributed by atoms with Gasteiger partial charge in [0.15, 0.2) is 5.17 Å². The van der Waals surface area contributed by atoms with E-state index in [2.05, 4.69) is 90.9 Å². The summed E-state index contributed by atoms with van der Waals surface area (Å²) >= 11 is 1.90. The van der Waals surface area contributed by atoms with Gasteiger partial charge in [-0.05, 0) is 55.5 Å². The van der Waals surface area contributed by atoms with Gasteiger partial charge in [-0.25, -0.2) is 0 Å². The van der Waals surface area contributed by atoms with Crippen molar-refractivity contribution in [1.82, 2.24) is 14.5 Å². The van der Waals surface area contributed by atoms with Crippen LogP contribution in [0, 0.1) is 13.8 Å². The van der Waals surface area contributed by atoms with Crippen LogP contribution in [0.4, 0.5) is 0 Å². The van der Waals surface area contributed by atoms with E-state index in [9.17, 15) is 0 Å². The van der Waals surface area contributed by atoms with Crippen LogP contribution in [-0.2, 0) is 0 Å². The van der Waals surface area contributed by atoms with Gasteiger partial charge >= 0.3 is 0 Å². The Morgan fingerprint density at radius 1 is 1.00 bits per heavy atom. The fourth-order valence-corrected chi connectivity index (χ4v) is 6.89. The molecule has 166 valence electrons. The number of aryl methyl sites for hydroxylation is 1. The van der Waals surface area contributed by atoms with Gasteiger partial charge in [-0.2, -0.15) is 0 Å². The average molecular weight is 453 g/mol. The number of amidine groups is 1. The van der Waals surface area contributed by atoms with Crippen LogP contribution in [0.5, 0.6) is 0 Å². The number of hydrogen-bond acceptors (Lipinski definition) is 4. The number of aliphatic imine (C=N–C) groups is 1. The number of thioether (sulfide) groups is 1. The van der Waals surface area contributed by atoms with E-state index in [-0.39, 0.29) is 12.1 Å². The van der Waals surface area contributed by atoms with Crippen molar-refractivity contribution in [3.8, 4) is 5.69 Å². The molecule has 0 aliphatic carbocycles. The molecule has 2 aromatic heterocycles. The molecule has 2 aromatic carbocycles. The maximum atomic E-state index is 5.21. The third-order valence-corrected chi connectivity index (χ3v) is 8.25. The minimum atomic E-state index is 0.0181. The predicted octanol–water partition coefficient (Wildman–Crippen LogP) is 6.62. The van der Waals surface area contributed by atoms with E-state index in [1.165, 1.54) is 38.6 Å². The standard InChI is InChI=1S/C28H28N4S/c1-4-21-17-33-28-30-26(24-13-7-8-15-29-24)27(32(21)28)23-16-18(2)31(19(23)3)25-14-9-11-20-10-5-6-12-22(20)25/h5-16,21,26-27H,4,17H2,1-3H3/t21-,26+,27+/m0/s1. The summed E-state index contributed by atoms with van der Waals surface area (Å²) in [5, 5.41) is 3.72. The Kier molecular flexibility index (Phi) is 5.02. The molecule has 0 radical (unpaired) electrons. The Balaban J connectivity index is 1.52. The van der Waals surface area contributed by atoms with Crippen LogP contribution in [0.25, 0.3) is 16.5 Å². The van der Waals surface area contributed by atoms with Crippen molar-refractivity contribution in [2.24, 2.45) is 4.99 Å². The van der Waals surface area contributed by atoms with Crippen LogP contribution in [-0.4, -0.2) is 31.4 Å². The van der Waals surface area contributed by atoms with Crippen molar-refractivity contribution in [1.29, 1.82) is 0 Å². The van der Waals surface area contributed by atoms with Crippen molar-refractivity contribution in [3.63, 3.8) is 0 Å². The summed E-state index contributed by atoms with van der Waals surface area (Å²) in [6, 6.07) is 24.5. The number of rotatable bonds is 4. The maximum Gasteiger partial charge on any atom is 0.160 e. The van der Waals surface area contributed by atoms with E-state index in [1.54, 1.807) is 0 Å². The minimum absolute atomic E-state index is 0.0181. The normalized spacial score (nSPS) is 22.1. The van der Waals surface area contributed by atoms with Crippen molar-refractivity contribution in [3.05, 3.63) is 95.6 Å². The maximum absolute atomic E-state index is 5.21. The van der Waals surface area contributed by atoms with E-state index < -0.39 is 0 Å². The summed E-state index contributed by atoms with van der Waals surface area (Å²) in [4.78, 5) is 12.5. The van der Waals surface area contributed by atoms with E-state index in [1.807, 2.05) is 24.0 Å². The first-order chi connectivity index (χ1) is 16.2. The number of fused-ring (bicyclic) bond motifs is 2. The van der Waals surface area contributed by atoms with E-state index in [0.717, 1.165) is 17.9 Å². The first-order valence-corrected chi connectivity index (χ1v) is 12.7. The number of nitrogens with zero attached hydrogens (tertiary/aromatic N) is 4. The lowest BCUT2D eigenvalue weighted by atomic mass is 9.95. The second-order valence-electron chi connectivity index (χ2n) is 9.00. The van der Waals surface area contributed by atoms with E-state index in [0.29, 0.717) is 6.04 Å². The first-order valence-electron chi connectivity index (χ1n) is 11.7. The molecule has 0 N–H and O–H groups in total. The highest BCUT2D eigenvalue weighted by Gasteiger charge is 2.46. The van der Waals surface area contributed by atoms with Gasteiger partial charge in [-0.15, -0.1) is 0 Å². The SMILES string of the molecule is CC[C@H]1CSC2=N[C@H](c3ccccn3)[C@@H](c3cc(C)n(-c4cccc5ccccc45)c3C)N21. The van der Waals surface area contributed by atoms with Gasteiger partial charge in [0.1, 0.15) is 6.04 Å². The predicted molar refractivity (Wildman–Crippen MR) is 138 cm³/mol. The Hall–Kier alpha value is -3.05. The summed E-state index contributed by atoms with van der Waals surface area (Å²) in [6.07, 6.45) is 3.01. The Morgan fingerprint density at radius 2 is 1.82 bits per heavy atom. The number of benzene rings is 2. The molecular formula is C28H28N4S. The molecule has 5 heteroatoms. The third kappa shape index (κ3) is 3.21. The summed E-state index contributed by atoms with van der Waals surface area (Å²) in [5.41, 5.74) is 6.20. The van der Waals surface area contributed by atoms with Crippen LogP contribution >= 0.6 is 11.8 Å². The summed E-state index contributed by atoms with van der Waals surface area (Å²) in [6.45, 7) is 6.78. The highest BCUT2D eigenvalue weighted by Crippen LogP contribution is 2.50. The number of aromatic nitrogens is 2. The summed E-state index contributed by atoms with van der Waals surface area (Å²) in [7, 11) is 0. The Bertz CT molecular complexity index is 1350. The van der Waals surface area contributed by atoms with Gasteiger partial charge in [0, 0.05) is 34.8 Å². The molecule has 4 aromatic rings. The molecule has 3 atom stereocenters. The lowest BCUT2D eigenvalue weighted by molar-refractivity contribution is 0.254. The molecule has 0 unspecified atom stereocenters. The average Bonchev–Trinajstić information content (AvgIpc) is 3.50. The van der Waals surface area contributed by atoms with Crippen LogP contribution in [0.1, 0.15) is 48.1 Å². The molecule has 0 amide bonds. The molecule has 1 fully saturated rings. The zero-order chi connectivity index (χ0) is 22.5. The Morgan fingerprint density at radius 3 is 2.64 bits per heavy atom. The Labute approximate surface area is 199 Å². The highest BCUT2D eigenvalue weighted by molar-refractivity contribution is 8.14.